The lowest BCUT2D eigenvalue weighted by atomic mass is 9.98. The summed E-state index contributed by atoms with van der Waals surface area (Å²) in [7, 11) is 0. The fourth-order valence-corrected chi connectivity index (χ4v) is 2.35. The van der Waals surface area contributed by atoms with Gasteiger partial charge in [0.15, 0.2) is 5.82 Å². The minimum Gasteiger partial charge on any atom is -0.477 e. The van der Waals surface area contributed by atoms with E-state index in [-0.39, 0.29) is 11.9 Å². The van der Waals surface area contributed by atoms with E-state index in [2.05, 4.69) is 14.9 Å². The Kier molecular flexibility index (Phi) is 5.15. The van der Waals surface area contributed by atoms with E-state index >= 15 is 0 Å². The predicted molar refractivity (Wildman–Crippen MR) is 74.8 cm³/mol. The van der Waals surface area contributed by atoms with Crippen LogP contribution in [0.1, 0.15) is 26.7 Å². The van der Waals surface area contributed by atoms with E-state index in [0.29, 0.717) is 25.6 Å². The Bertz CT molecular complexity index is 453. The molecule has 1 aromatic rings. The summed E-state index contributed by atoms with van der Waals surface area (Å²) in [6.07, 6.45) is 5.12. The Morgan fingerprint density at radius 1 is 1.40 bits per heavy atom. The van der Waals surface area contributed by atoms with Gasteiger partial charge in [0.1, 0.15) is 0 Å². The quantitative estimate of drug-likeness (QED) is 0.764. The maximum atomic E-state index is 11.8. The van der Waals surface area contributed by atoms with E-state index in [1.165, 1.54) is 0 Å². The second-order valence-electron chi connectivity index (χ2n) is 4.69. The van der Waals surface area contributed by atoms with Crippen molar-refractivity contribution in [1.29, 1.82) is 0 Å². The number of hydrogen-bond acceptors (Lipinski definition) is 6. The molecule has 1 aliphatic heterocycles. The third-order valence-corrected chi connectivity index (χ3v) is 3.26. The Hall–Kier alpha value is -1.85. The van der Waals surface area contributed by atoms with Crippen molar-refractivity contribution in [2.45, 2.75) is 26.7 Å². The van der Waals surface area contributed by atoms with Gasteiger partial charge in [-0.05, 0) is 26.7 Å². The molecule has 1 saturated heterocycles. The minimum absolute atomic E-state index is 0.0822. The molecule has 1 atom stereocenters. The normalized spacial score (nSPS) is 18.7. The molecule has 2 rings (SSSR count). The summed E-state index contributed by atoms with van der Waals surface area (Å²) < 4.78 is 10.5. The molecule has 110 valence electrons. The molecule has 0 spiro atoms. The van der Waals surface area contributed by atoms with Gasteiger partial charge in [0, 0.05) is 13.1 Å². The summed E-state index contributed by atoms with van der Waals surface area (Å²) >= 11 is 0. The second-order valence-corrected chi connectivity index (χ2v) is 4.69. The van der Waals surface area contributed by atoms with Crippen molar-refractivity contribution in [3.63, 3.8) is 0 Å². The molecule has 1 unspecified atom stereocenters. The van der Waals surface area contributed by atoms with Crippen LogP contribution in [-0.2, 0) is 9.53 Å². The van der Waals surface area contributed by atoms with Gasteiger partial charge in [-0.15, -0.1) is 0 Å². The average Bonchev–Trinajstić information content (AvgIpc) is 2.48. The van der Waals surface area contributed by atoms with Crippen molar-refractivity contribution in [3.8, 4) is 5.88 Å². The van der Waals surface area contributed by atoms with E-state index in [4.69, 9.17) is 9.47 Å². The summed E-state index contributed by atoms with van der Waals surface area (Å²) in [5, 5.41) is 0. The number of carbonyl (C=O) groups is 1. The van der Waals surface area contributed by atoms with E-state index in [1.54, 1.807) is 12.4 Å². The maximum Gasteiger partial charge on any atom is 0.310 e. The largest absolute Gasteiger partial charge is 0.477 e. The first-order chi connectivity index (χ1) is 9.74. The molecule has 1 aliphatic rings. The van der Waals surface area contributed by atoms with Crippen LogP contribution in [0.15, 0.2) is 12.4 Å². The maximum absolute atomic E-state index is 11.8. The molecule has 0 aliphatic carbocycles. The van der Waals surface area contributed by atoms with E-state index in [0.717, 1.165) is 25.2 Å². The first-order valence-corrected chi connectivity index (χ1v) is 7.11. The van der Waals surface area contributed by atoms with Crippen LogP contribution < -0.4 is 9.64 Å². The Labute approximate surface area is 119 Å². The van der Waals surface area contributed by atoms with Gasteiger partial charge < -0.3 is 14.4 Å². The van der Waals surface area contributed by atoms with Crippen LogP contribution in [0.25, 0.3) is 0 Å². The van der Waals surface area contributed by atoms with Gasteiger partial charge in [-0.3, -0.25) is 9.78 Å². The lowest BCUT2D eigenvalue weighted by Crippen LogP contribution is -2.39. The van der Waals surface area contributed by atoms with Gasteiger partial charge in [0.05, 0.1) is 31.5 Å². The third-order valence-electron chi connectivity index (χ3n) is 3.26. The monoisotopic (exact) mass is 279 g/mol. The summed E-state index contributed by atoms with van der Waals surface area (Å²) in [5.74, 6) is 1.07. The summed E-state index contributed by atoms with van der Waals surface area (Å²) in [6, 6.07) is 0. The number of ether oxygens (including phenoxy) is 2. The zero-order chi connectivity index (χ0) is 14.4. The van der Waals surface area contributed by atoms with Crippen LogP contribution >= 0.6 is 0 Å². The van der Waals surface area contributed by atoms with Crippen molar-refractivity contribution in [2.24, 2.45) is 5.92 Å². The lowest BCUT2D eigenvalue weighted by molar-refractivity contribution is -0.148. The lowest BCUT2D eigenvalue weighted by Gasteiger charge is -2.32. The number of nitrogens with zero attached hydrogens (tertiary/aromatic N) is 3. The minimum atomic E-state index is -0.119. The molecule has 1 aromatic heterocycles. The highest BCUT2D eigenvalue weighted by atomic mass is 16.5. The second kappa shape index (κ2) is 7.07. The van der Waals surface area contributed by atoms with Crippen molar-refractivity contribution >= 4 is 11.8 Å². The molecule has 2 heterocycles. The fourth-order valence-electron chi connectivity index (χ4n) is 2.35. The molecular formula is C14H21N3O3. The van der Waals surface area contributed by atoms with Crippen molar-refractivity contribution in [3.05, 3.63) is 12.4 Å². The molecule has 6 nitrogen and oxygen atoms in total. The summed E-state index contributed by atoms with van der Waals surface area (Å²) in [6.45, 7) is 6.23. The third kappa shape index (κ3) is 3.59. The molecule has 0 bridgehead atoms. The molecule has 0 N–H and O–H groups in total. The smallest absolute Gasteiger partial charge is 0.310 e. The molecular weight excluding hydrogens is 258 g/mol. The first kappa shape index (κ1) is 14.6. The zero-order valence-corrected chi connectivity index (χ0v) is 12.0. The van der Waals surface area contributed by atoms with Crippen LogP contribution in [-0.4, -0.2) is 42.2 Å². The highest BCUT2D eigenvalue weighted by Crippen LogP contribution is 2.23. The molecule has 6 heteroatoms. The number of carbonyl (C=O) groups excluding carboxylic acids is 1. The standard InChI is InChI=1S/C14H21N3O3/c1-3-19-13-9-15-8-12(16-13)17-7-5-6-11(10-17)14(18)20-4-2/h8-9,11H,3-7,10H2,1-2H3. The van der Waals surface area contributed by atoms with Crippen LogP contribution in [0.3, 0.4) is 0 Å². The first-order valence-electron chi connectivity index (χ1n) is 7.11. The zero-order valence-electron chi connectivity index (χ0n) is 12.0. The van der Waals surface area contributed by atoms with Crippen LogP contribution in [0.4, 0.5) is 5.82 Å². The van der Waals surface area contributed by atoms with Gasteiger partial charge in [-0.1, -0.05) is 0 Å². The van der Waals surface area contributed by atoms with Gasteiger partial charge in [0.25, 0.3) is 0 Å². The van der Waals surface area contributed by atoms with E-state index < -0.39 is 0 Å². The molecule has 0 saturated carbocycles. The molecule has 0 amide bonds. The Morgan fingerprint density at radius 2 is 2.25 bits per heavy atom. The highest BCUT2D eigenvalue weighted by Gasteiger charge is 2.27. The number of esters is 1. The molecule has 0 aromatic carbocycles. The van der Waals surface area contributed by atoms with Crippen molar-refractivity contribution in [2.75, 3.05) is 31.2 Å². The summed E-state index contributed by atoms with van der Waals surface area (Å²) in [4.78, 5) is 22.5. The molecule has 20 heavy (non-hydrogen) atoms. The number of rotatable bonds is 5. The average molecular weight is 279 g/mol. The topological polar surface area (TPSA) is 64.5 Å². The number of piperidine rings is 1. The predicted octanol–water partition coefficient (Wildman–Crippen LogP) is 1.65. The van der Waals surface area contributed by atoms with E-state index in [9.17, 15) is 4.79 Å². The fraction of sp³-hybridized carbons (Fsp3) is 0.643. The van der Waals surface area contributed by atoms with Gasteiger partial charge in [-0.25, -0.2) is 0 Å². The molecule has 1 fully saturated rings. The number of anilines is 1. The SMILES string of the molecule is CCOC(=O)C1CCCN(c2cncc(OCC)n2)C1. The van der Waals surface area contributed by atoms with E-state index in [1.807, 2.05) is 13.8 Å². The van der Waals surface area contributed by atoms with Crippen molar-refractivity contribution in [1.82, 2.24) is 9.97 Å². The van der Waals surface area contributed by atoms with Crippen LogP contribution in [0.2, 0.25) is 0 Å². The Morgan fingerprint density at radius 3 is 3.00 bits per heavy atom. The summed E-state index contributed by atoms with van der Waals surface area (Å²) in [5.41, 5.74) is 0. The molecule has 0 radical (unpaired) electrons. The van der Waals surface area contributed by atoms with Crippen LogP contribution in [0.5, 0.6) is 5.88 Å². The van der Waals surface area contributed by atoms with Gasteiger partial charge >= 0.3 is 5.97 Å². The highest BCUT2D eigenvalue weighted by molar-refractivity contribution is 5.73. The van der Waals surface area contributed by atoms with Gasteiger partial charge in [-0.2, -0.15) is 4.98 Å². The van der Waals surface area contributed by atoms with Crippen LogP contribution in [0, 0.1) is 5.92 Å². The number of hydrogen-bond donors (Lipinski definition) is 0. The number of aromatic nitrogens is 2. The Balaban J connectivity index is 2.04. The van der Waals surface area contributed by atoms with Crippen molar-refractivity contribution < 1.29 is 14.3 Å². The van der Waals surface area contributed by atoms with Gasteiger partial charge in [0.2, 0.25) is 5.88 Å².